The summed E-state index contributed by atoms with van der Waals surface area (Å²) >= 11 is 1.29. The fourth-order valence-electron chi connectivity index (χ4n) is 3.90. The molecule has 0 fully saturated rings. The standard InChI is InChI=1S/C30H28N4OS/c1-21(22-10-6-4-7-11-22)32-29(35)20-36-30-27(19-31)26(23-14-16-25(17-15-23)34(2)3)18-28(33-30)24-12-8-5-9-13-24/h4-18,21H,20H2,1-3H3,(H,32,35). The van der Waals surface area contributed by atoms with Crippen molar-refractivity contribution in [2.24, 2.45) is 0 Å². The molecular formula is C30H28N4OS. The number of amides is 1. The summed E-state index contributed by atoms with van der Waals surface area (Å²) in [4.78, 5) is 19.6. The molecule has 1 atom stereocenters. The van der Waals surface area contributed by atoms with E-state index in [1.165, 1.54) is 11.8 Å². The molecule has 180 valence electrons. The fourth-order valence-corrected chi connectivity index (χ4v) is 4.71. The van der Waals surface area contributed by atoms with Crippen LogP contribution in [0.4, 0.5) is 5.69 Å². The third-order valence-corrected chi connectivity index (χ3v) is 6.85. The fraction of sp³-hybridized carbons (Fsp3) is 0.167. The molecule has 36 heavy (non-hydrogen) atoms. The number of hydrogen-bond donors (Lipinski definition) is 1. The molecule has 3 aromatic carbocycles. The maximum atomic E-state index is 12.8. The van der Waals surface area contributed by atoms with Gasteiger partial charge in [-0.3, -0.25) is 4.79 Å². The zero-order valence-corrected chi connectivity index (χ0v) is 21.4. The number of aromatic nitrogens is 1. The quantitative estimate of drug-likeness (QED) is 0.291. The smallest absolute Gasteiger partial charge is 0.230 e. The molecule has 0 bridgehead atoms. The number of benzene rings is 3. The van der Waals surface area contributed by atoms with Crippen LogP contribution in [0.3, 0.4) is 0 Å². The van der Waals surface area contributed by atoms with Gasteiger partial charge in [0.15, 0.2) is 0 Å². The summed E-state index contributed by atoms with van der Waals surface area (Å²) < 4.78 is 0. The Morgan fingerprint density at radius 2 is 1.61 bits per heavy atom. The van der Waals surface area contributed by atoms with Crippen molar-refractivity contribution in [2.45, 2.75) is 18.0 Å². The molecule has 0 saturated heterocycles. The van der Waals surface area contributed by atoms with Crippen LogP contribution in [-0.4, -0.2) is 30.7 Å². The number of nitrogens with zero attached hydrogens (tertiary/aromatic N) is 3. The Morgan fingerprint density at radius 1 is 0.972 bits per heavy atom. The van der Waals surface area contributed by atoms with Gasteiger partial charge in [-0.2, -0.15) is 5.26 Å². The Balaban J connectivity index is 1.65. The second-order valence-electron chi connectivity index (χ2n) is 8.64. The molecule has 1 amide bonds. The Bertz CT molecular complexity index is 1360. The first-order valence-corrected chi connectivity index (χ1v) is 12.7. The van der Waals surface area contributed by atoms with Crippen molar-refractivity contribution < 1.29 is 4.79 Å². The monoisotopic (exact) mass is 492 g/mol. The lowest BCUT2D eigenvalue weighted by Crippen LogP contribution is -2.28. The van der Waals surface area contributed by atoms with Gasteiger partial charge < -0.3 is 10.2 Å². The third-order valence-electron chi connectivity index (χ3n) is 5.88. The highest BCUT2D eigenvalue weighted by atomic mass is 32.2. The van der Waals surface area contributed by atoms with Crippen molar-refractivity contribution in [3.05, 3.63) is 102 Å². The highest BCUT2D eigenvalue weighted by Crippen LogP contribution is 2.35. The van der Waals surface area contributed by atoms with Crippen LogP contribution in [0.2, 0.25) is 0 Å². The number of rotatable bonds is 8. The van der Waals surface area contributed by atoms with Crippen molar-refractivity contribution in [3.8, 4) is 28.5 Å². The number of nitriles is 1. The lowest BCUT2D eigenvalue weighted by molar-refractivity contribution is -0.119. The predicted octanol–water partition coefficient (Wildman–Crippen LogP) is 6.32. The lowest BCUT2D eigenvalue weighted by atomic mass is 9.99. The van der Waals surface area contributed by atoms with E-state index in [2.05, 4.69) is 11.4 Å². The molecule has 0 spiro atoms. The van der Waals surface area contributed by atoms with Gasteiger partial charge in [-0.15, -0.1) is 0 Å². The van der Waals surface area contributed by atoms with Gasteiger partial charge in [0.1, 0.15) is 11.1 Å². The molecule has 0 aliphatic rings. The van der Waals surface area contributed by atoms with Gasteiger partial charge in [-0.25, -0.2) is 4.98 Å². The minimum absolute atomic E-state index is 0.107. The van der Waals surface area contributed by atoms with Crippen molar-refractivity contribution in [2.75, 3.05) is 24.7 Å². The van der Waals surface area contributed by atoms with Crippen molar-refractivity contribution >= 4 is 23.4 Å². The van der Waals surface area contributed by atoms with Crippen LogP contribution in [-0.2, 0) is 4.79 Å². The highest BCUT2D eigenvalue weighted by Gasteiger charge is 2.18. The number of carbonyl (C=O) groups excluding carboxylic acids is 1. The van der Waals surface area contributed by atoms with Crippen LogP contribution in [0, 0.1) is 11.3 Å². The molecule has 4 rings (SSSR count). The van der Waals surface area contributed by atoms with E-state index in [1.807, 2.05) is 117 Å². The Hall–Kier alpha value is -4.08. The second-order valence-corrected chi connectivity index (χ2v) is 9.61. The van der Waals surface area contributed by atoms with E-state index >= 15 is 0 Å². The van der Waals surface area contributed by atoms with Gasteiger partial charge in [0, 0.05) is 30.9 Å². The Kier molecular flexibility index (Phi) is 8.04. The highest BCUT2D eigenvalue weighted by molar-refractivity contribution is 8.00. The number of carbonyl (C=O) groups is 1. The van der Waals surface area contributed by atoms with Crippen LogP contribution >= 0.6 is 11.8 Å². The average molecular weight is 493 g/mol. The second kappa shape index (κ2) is 11.6. The molecule has 1 aromatic heterocycles. The van der Waals surface area contributed by atoms with Crippen LogP contribution in [0.1, 0.15) is 24.1 Å². The van der Waals surface area contributed by atoms with E-state index in [0.29, 0.717) is 10.6 Å². The van der Waals surface area contributed by atoms with Gasteiger partial charge in [0.05, 0.1) is 23.1 Å². The first-order chi connectivity index (χ1) is 17.5. The topological polar surface area (TPSA) is 69.0 Å². The average Bonchev–Trinajstić information content (AvgIpc) is 2.92. The van der Waals surface area contributed by atoms with E-state index in [4.69, 9.17) is 4.98 Å². The van der Waals surface area contributed by atoms with Gasteiger partial charge in [0.2, 0.25) is 5.91 Å². The van der Waals surface area contributed by atoms with E-state index in [0.717, 1.165) is 33.6 Å². The molecule has 4 aromatic rings. The van der Waals surface area contributed by atoms with Crippen molar-refractivity contribution in [1.29, 1.82) is 5.26 Å². The van der Waals surface area contributed by atoms with Crippen LogP contribution in [0.15, 0.2) is 96.0 Å². The SMILES string of the molecule is CC(NC(=O)CSc1nc(-c2ccccc2)cc(-c2ccc(N(C)C)cc2)c1C#N)c1ccccc1. The minimum atomic E-state index is -0.107. The van der Waals surface area contributed by atoms with Gasteiger partial charge in [0.25, 0.3) is 0 Å². The number of anilines is 1. The number of thioether (sulfide) groups is 1. The first kappa shape index (κ1) is 25.0. The molecule has 5 nitrogen and oxygen atoms in total. The summed E-state index contributed by atoms with van der Waals surface area (Å²) in [6.07, 6.45) is 0. The summed E-state index contributed by atoms with van der Waals surface area (Å²) in [7, 11) is 3.99. The van der Waals surface area contributed by atoms with Crippen LogP contribution < -0.4 is 10.2 Å². The molecular weight excluding hydrogens is 464 g/mol. The summed E-state index contributed by atoms with van der Waals surface area (Å²) in [5, 5.41) is 13.7. The Labute approximate surface area is 216 Å². The first-order valence-electron chi connectivity index (χ1n) is 11.7. The van der Waals surface area contributed by atoms with Gasteiger partial charge in [-0.1, -0.05) is 84.6 Å². The summed E-state index contributed by atoms with van der Waals surface area (Å²) in [6.45, 7) is 1.96. The van der Waals surface area contributed by atoms with Crippen LogP contribution in [0.25, 0.3) is 22.4 Å². The maximum absolute atomic E-state index is 12.8. The van der Waals surface area contributed by atoms with E-state index in [-0.39, 0.29) is 17.7 Å². The summed E-state index contributed by atoms with van der Waals surface area (Å²) in [5.74, 6) is 0.0554. The normalized spacial score (nSPS) is 11.4. The molecule has 0 radical (unpaired) electrons. The zero-order chi connectivity index (χ0) is 25.5. The molecule has 0 saturated carbocycles. The number of hydrogen-bond acceptors (Lipinski definition) is 5. The maximum Gasteiger partial charge on any atom is 0.230 e. The van der Waals surface area contributed by atoms with Gasteiger partial charge in [-0.05, 0) is 36.2 Å². The predicted molar refractivity (Wildman–Crippen MR) is 148 cm³/mol. The molecule has 0 aliphatic carbocycles. The summed E-state index contributed by atoms with van der Waals surface area (Å²) in [6, 6.07) is 32.0. The third kappa shape index (κ3) is 5.94. The van der Waals surface area contributed by atoms with E-state index < -0.39 is 0 Å². The largest absolute Gasteiger partial charge is 0.378 e. The molecule has 1 heterocycles. The summed E-state index contributed by atoms with van der Waals surface area (Å²) in [5.41, 5.74) is 6.05. The number of pyridine rings is 1. The van der Waals surface area contributed by atoms with Crippen molar-refractivity contribution in [1.82, 2.24) is 10.3 Å². The lowest BCUT2D eigenvalue weighted by Gasteiger charge is -2.16. The van der Waals surface area contributed by atoms with E-state index in [1.54, 1.807) is 0 Å². The van der Waals surface area contributed by atoms with Crippen LogP contribution in [0.5, 0.6) is 0 Å². The molecule has 6 heteroatoms. The molecule has 1 unspecified atom stereocenters. The number of nitrogens with one attached hydrogen (secondary N) is 1. The Morgan fingerprint density at radius 3 is 2.22 bits per heavy atom. The minimum Gasteiger partial charge on any atom is -0.378 e. The van der Waals surface area contributed by atoms with Crippen molar-refractivity contribution in [3.63, 3.8) is 0 Å². The molecule has 1 N–H and O–H groups in total. The van der Waals surface area contributed by atoms with Gasteiger partial charge >= 0.3 is 0 Å². The zero-order valence-electron chi connectivity index (χ0n) is 20.6. The molecule has 0 aliphatic heterocycles. The van der Waals surface area contributed by atoms with E-state index in [9.17, 15) is 10.1 Å².